The van der Waals surface area contributed by atoms with Crippen molar-refractivity contribution in [1.82, 2.24) is 15.0 Å². The van der Waals surface area contributed by atoms with Crippen LogP contribution in [0.1, 0.15) is 29.9 Å². The van der Waals surface area contributed by atoms with E-state index >= 15 is 4.39 Å². The van der Waals surface area contributed by atoms with Gasteiger partial charge in [0, 0.05) is 61.4 Å². The van der Waals surface area contributed by atoms with Gasteiger partial charge in [0.05, 0.1) is 41.2 Å². The van der Waals surface area contributed by atoms with Gasteiger partial charge in [-0.25, -0.2) is 18.7 Å². The van der Waals surface area contributed by atoms with Crippen LogP contribution < -0.4 is 10.2 Å². The summed E-state index contributed by atoms with van der Waals surface area (Å²) in [5.74, 6) is -0.358. The van der Waals surface area contributed by atoms with E-state index in [2.05, 4.69) is 20.2 Å². The van der Waals surface area contributed by atoms with E-state index < -0.39 is 16.8 Å². The Balaban J connectivity index is 1.53. The normalized spacial score (nSPS) is 19.1. The number of aromatic nitrogens is 3. The lowest BCUT2D eigenvalue weighted by Crippen LogP contribution is -2.37. The van der Waals surface area contributed by atoms with E-state index in [0.717, 1.165) is 35.6 Å². The third kappa shape index (κ3) is 5.34. The van der Waals surface area contributed by atoms with Crippen molar-refractivity contribution >= 4 is 39.9 Å². The van der Waals surface area contributed by atoms with Crippen LogP contribution in [0.4, 0.5) is 26.0 Å². The largest absolute Gasteiger partial charge is 0.378 e. The number of halogens is 2. The maximum Gasteiger partial charge on any atom is 0.213 e. The van der Waals surface area contributed by atoms with Crippen molar-refractivity contribution < 1.29 is 23.7 Å². The average Bonchev–Trinajstić information content (AvgIpc) is 2.94. The SMILES string of the molecule is Cc1c(-c2ccccn2)nc2cc(F)cc(F)c2c1Nc1cc(N2CCOCC2)ncc1C1CCSC(O)(O)C1. The number of nitrogens with one attached hydrogen (secondary N) is 1. The van der Waals surface area contributed by atoms with Crippen molar-refractivity contribution in [3.63, 3.8) is 0 Å². The molecule has 0 amide bonds. The smallest absolute Gasteiger partial charge is 0.213 e. The zero-order chi connectivity index (χ0) is 27.9. The predicted molar refractivity (Wildman–Crippen MR) is 152 cm³/mol. The fourth-order valence-electron chi connectivity index (χ4n) is 5.41. The van der Waals surface area contributed by atoms with Gasteiger partial charge in [-0.2, -0.15) is 0 Å². The number of morpholine rings is 1. The third-order valence-electron chi connectivity index (χ3n) is 7.42. The van der Waals surface area contributed by atoms with Gasteiger partial charge in [0.25, 0.3) is 0 Å². The van der Waals surface area contributed by atoms with Crippen molar-refractivity contribution in [1.29, 1.82) is 0 Å². The maximum absolute atomic E-state index is 15.4. The fourth-order valence-corrected chi connectivity index (χ4v) is 6.46. The average molecular weight is 566 g/mol. The van der Waals surface area contributed by atoms with Crippen LogP contribution in [0.15, 0.2) is 48.8 Å². The highest BCUT2D eigenvalue weighted by Crippen LogP contribution is 2.45. The zero-order valence-corrected chi connectivity index (χ0v) is 22.7. The molecule has 3 N–H and O–H groups in total. The highest BCUT2D eigenvalue weighted by molar-refractivity contribution is 8.00. The van der Waals surface area contributed by atoms with Gasteiger partial charge in [0.2, 0.25) is 5.12 Å². The Morgan fingerprint density at radius 3 is 2.70 bits per heavy atom. The van der Waals surface area contributed by atoms with Crippen LogP contribution in [-0.4, -0.2) is 62.3 Å². The van der Waals surface area contributed by atoms with Gasteiger partial charge in [0.1, 0.15) is 17.5 Å². The zero-order valence-electron chi connectivity index (χ0n) is 21.9. The van der Waals surface area contributed by atoms with Crippen molar-refractivity contribution in [3.05, 3.63) is 71.6 Å². The van der Waals surface area contributed by atoms with Gasteiger partial charge < -0.3 is 25.2 Å². The molecular formula is C29H29F2N5O3S. The van der Waals surface area contributed by atoms with Crippen molar-refractivity contribution in [2.75, 3.05) is 42.3 Å². The minimum Gasteiger partial charge on any atom is -0.378 e. The molecule has 6 rings (SSSR count). The van der Waals surface area contributed by atoms with E-state index in [-0.39, 0.29) is 23.2 Å². The summed E-state index contributed by atoms with van der Waals surface area (Å²) in [6.45, 7) is 4.35. The molecule has 2 saturated heterocycles. The summed E-state index contributed by atoms with van der Waals surface area (Å²) < 4.78 is 35.3. The van der Waals surface area contributed by atoms with E-state index in [4.69, 9.17) is 9.72 Å². The molecule has 5 heterocycles. The Kier molecular flexibility index (Phi) is 7.30. The summed E-state index contributed by atoms with van der Waals surface area (Å²) in [5, 5.41) is 22.6. The van der Waals surface area contributed by atoms with Gasteiger partial charge in [-0.3, -0.25) is 4.98 Å². The van der Waals surface area contributed by atoms with Crippen LogP contribution in [0.25, 0.3) is 22.3 Å². The molecule has 0 aliphatic carbocycles. The summed E-state index contributed by atoms with van der Waals surface area (Å²) in [6.07, 6.45) is 4.25. The van der Waals surface area contributed by atoms with E-state index in [1.54, 1.807) is 24.5 Å². The number of fused-ring (bicyclic) bond motifs is 1. The quantitative estimate of drug-likeness (QED) is 0.285. The first-order valence-corrected chi connectivity index (χ1v) is 14.2. The van der Waals surface area contributed by atoms with Gasteiger partial charge in [-0.15, -0.1) is 0 Å². The predicted octanol–water partition coefficient (Wildman–Crippen LogP) is 5.11. The molecule has 3 aromatic heterocycles. The molecule has 0 spiro atoms. The van der Waals surface area contributed by atoms with Gasteiger partial charge in [-0.1, -0.05) is 17.8 Å². The van der Waals surface area contributed by atoms with E-state index in [9.17, 15) is 14.6 Å². The van der Waals surface area contributed by atoms with Crippen molar-refractivity contribution in [2.24, 2.45) is 0 Å². The van der Waals surface area contributed by atoms with Crippen LogP contribution in [0.5, 0.6) is 0 Å². The minimum atomic E-state index is -1.85. The molecule has 208 valence electrons. The Labute approximate surface area is 234 Å². The lowest BCUT2D eigenvalue weighted by Gasteiger charge is -2.34. The highest BCUT2D eigenvalue weighted by Gasteiger charge is 2.35. The topological polar surface area (TPSA) is 104 Å². The molecule has 40 heavy (non-hydrogen) atoms. The first-order chi connectivity index (χ1) is 19.3. The summed E-state index contributed by atoms with van der Waals surface area (Å²) in [4.78, 5) is 15.9. The Hall–Kier alpha value is -3.38. The monoisotopic (exact) mass is 565 g/mol. The molecule has 4 aromatic rings. The van der Waals surface area contributed by atoms with Crippen molar-refractivity contribution in [3.8, 4) is 11.4 Å². The first kappa shape index (κ1) is 26.8. The third-order valence-corrected chi connectivity index (χ3v) is 8.49. The second-order valence-electron chi connectivity index (χ2n) is 10.1. The van der Waals surface area contributed by atoms with Crippen LogP contribution in [-0.2, 0) is 4.74 Å². The molecule has 2 aliphatic rings. The van der Waals surface area contributed by atoms with E-state index in [1.807, 2.05) is 19.1 Å². The highest BCUT2D eigenvalue weighted by atomic mass is 32.2. The number of thioether (sulfide) groups is 1. The van der Waals surface area contributed by atoms with Crippen LogP contribution in [0, 0.1) is 18.6 Å². The number of hydrogen-bond donors (Lipinski definition) is 3. The van der Waals surface area contributed by atoms with E-state index in [0.29, 0.717) is 60.4 Å². The lowest BCUT2D eigenvalue weighted by atomic mass is 9.91. The maximum atomic E-state index is 15.4. The number of anilines is 3. The molecular weight excluding hydrogens is 536 g/mol. The molecule has 0 bridgehead atoms. The summed E-state index contributed by atoms with van der Waals surface area (Å²) in [7, 11) is 0. The summed E-state index contributed by atoms with van der Waals surface area (Å²) in [6, 6.07) is 9.40. The minimum absolute atomic E-state index is 0.125. The molecule has 1 aromatic carbocycles. The van der Waals surface area contributed by atoms with Crippen molar-refractivity contribution in [2.45, 2.75) is 30.8 Å². The number of ether oxygens (including phenoxy) is 1. The molecule has 1 unspecified atom stereocenters. The van der Waals surface area contributed by atoms with Gasteiger partial charge >= 0.3 is 0 Å². The first-order valence-electron chi connectivity index (χ1n) is 13.2. The molecule has 0 radical (unpaired) electrons. The number of hydrogen-bond acceptors (Lipinski definition) is 9. The molecule has 11 heteroatoms. The van der Waals surface area contributed by atoms with Gasteiger partial charge in [0.15, 0.2) is 0 Å². The molecule has 1 atom stereocenters. The number of aliphatic hydroxyl groups is 2. The fraction of sp³-hybridized carbons (Fsp3) is 0.345. The van der Waals surface area contributed by atoms with Crippen LogP contribution in [0.3, 0.4) is 0 Å². The number of pyridine rings is 3. The standard InChI is InChI=1S/C29H29F2N5O3S/c1-17-27(22-4-2-3-6-32-22)35-24-13-19(30)12-21(31)26(24)28(17)34-23-14-25(36-7-9-39-10-8-36)33-16-20(23)18-5-11-40-29(37,38)15-18/h2-4,6,12-14,16,18,37-38H,5,7-11,15H2,1H3,(H,33,34,35). The second kappa shape index (κ2) is 10.9. The second-order valence-corrected chi connectivity index (χ2v) is 11.4. The lowest BCUT2D eigenvalue weighted by molar-refractivity contribution is -0.0886. The molecule has 0 saturated carbocycles. The molecule has 2 aliphatic heterocycles. The summed E-state index contributed by atoms with van der Waals surface area (Å²) >= 11 is 1.11. The summed E-state index contributed by atoms with van der Waals surface area (Å²) in [5.41, 5.74) is 3.77. The Morgan fingerprint density at radius 1 is 1.12 bits per heavy atom. The molecule has 2 fully saturated rings. The van der Waals surface area contributed by atoms with Gasteiger partial charge in [-0.05, 0) is 42.7 Å². The number of benzene rings is 1. The van der Waals surface area contributed by atoms with Crippen LogP contribution >= 0.6 is 11.8 Å². The number of rotatable bonds is 5. The molecule has 8 nitrogen and oxygen atoms in total. The number of nitrogens with zero attached hydrogens (tertiary/aromatic N) is 4. The van der Waals surface area contributed by atoms with Crippen LogP contribution in [0.2, 0.25) is 0 Å². The Morgan fingerprint density at radius 2 is 1.95 bits per heavy atom. The Bertz CT molecular complexity index is 1550. The van der Waals surface area contributed by atoms with E-state index in [1.165, 1.54) is 6.07 Å².